The van der Waals surface area contributed by atoms with Crippen molar-refractivity contribution >= 4 is 0 Å². The van der Waals surface area contributed by atoms with E-state index in [1.54, 1.807) is 0 Å². The number of hydrogen-bond donors (Lipinski definition) is 2. The predicted octanol–water partition coefficient (Wildman–Crippen LogP) is 1.84. The van der Waals surface area contributed by atoms with Gasteiger partial charge in [-0.15, -0.1) is 0 Å². The average molecular weight is 262 g/mol. The SMILES string of the molecule is CCN1CC(NCCCO)CC(c2ccccc2)C1. The van der Waals surface area contributed by atoms with Crippen LogP contribution in [-0.2, 0) is 0 Å². The van der Waals surface area contributed by atoms with Crippen LogP contribution in [0, 0.1) is 0 Å². The minimum absolute atomic E-state index is 0.277. The largest absolute Gasteiger partial charge is 0.396 e. The van der Waals surface area contributed by atoms with Crippen molar-refractivity contribution < 1.29 is 5.11 Å². The lowest BCUT2D eigenvalue weighted by Crippen LogP contribution is -2.48. The molecule has 0 amide bonds. The molecule has 1 heterocycles. The van der Waals surface area contributed by atoms with Crippen LogP contribution >= 0.6 is 0 Å². The maximum absolute atomic E-state index is 8.87. The topological polar surface area (TPSA) is 35.5 Å². The van der Waals surface area contributed by atoms with E-state index in [-0.39, 0.29) is 6.61 Å². The number of piperidine rings is 1. The van der Waals surface area contributed by atoms with E-state index in [4.69, 9.17) is 5.11 Å². The van der Waals surface area contributed by atoms with Crippen LogP contribution in [0.25, 0.3) is 0 Å². The van der Waals surface area contributed by atoms with E-state index in [0.717, 1.165) is 26.1 Å². The summed E-state index contributed by atoms with van der Waals surface area (Å²) in [5, 5.41) is 12.5. The number of nitrogens with one attached hydrogen (secondary N) is 1. The Morgan fingerprint density at radius 1 is 1.26 bits per heavy atom. The summed E-state index contributed by atoms with van der Waals surface area (Å²) in [4.78, 5) is 2.53. The quantitative estimate of drug-likeness (QED) is 0.768. The Bertz CT molecular complexity index is 355. The lowest BCUT2D eigenvalue weighted by molar-refractivity contribution is 0.176. The molecule has 2 unspecified atom stereocenters. The van der Waals surface area contributed by atoms with Gasteiger partial charge in [0, 0.05) is 25.7 Å². The van der Waals surface area contributed by atoms with Crippen molar-refractivity contribution in [3.8, 4) is 0 Å². The van der Waals surface area contributed by atoms with Crippen LogP contribution in [0.15, 0.2) is 30.3 Å². The fraction of sp³-hybridized carbons (Fsp3) is 0.625. The van der Waals surface area contributed by atoms with Crippen LogP contribution in [0.4, 0.5) is 0 Å². The number of likely N-dealkylation sites (tertiary alicyclic amines) is 1. The second-order valence-corrected chi connectivity index (χ2v) is 5.42. The number of nitrogens with zero attached hydrogens (tertiary/aromatic N) is 1. The van der Waals surface area contributed by atoms with Crippen LogP contribution in [0.5, 0.6) is 0 Å². The fourth-order valence-electron chi connectivity index (χ4n) is 2.95. The first-order valence-electron chi connectivity index (χ1n) is 7.45. The summed E-state index contributed by atoms with van der Waals surface area (Å²) in [6.45, 7) is 6.84. The molecule has 1 saturated heterocycles. The monoisotopic (exact) mass is 262 g/mol. The van der Waals surface area contributed by atoms with Crippen molar-refractivity contribution in [3.63, 3.8) is 0 Å². The van der Waals surface area contributed by atoms with E-state index in [1.807, 2.05) is 0 Å². The molecule has 19 heavy (non-hydrogen) atoms. The Morgan fingerprint density at radius 2 is 2.05 bits per heavy atom. The Hall–Kier alpha value is -0.900. The zero-order valence-electron chi connectivity index (χ0n) is 11.9. The predicted molar refractivity (Wildman–Crippen MR) is 79.4 cm³/mol. The number of aliphatic hydroxyl groups is 1. The molecular weight excluding hydrogens is 236 g/mol. The first kappa shape index (κ1) is 14.5. The zero-order chi connectivity index (χ0) is 13.5. The summed E-state index contributed by atoms with van der Waals surface area (Å²) in [5.74, 6) is 0.626. The van der Waals surface area contributed by atoms with Gasteiger partial charge >= 0.3 is 0 Å². The Labute approximate surface area is 116 Å². The third-order valence-corrected chi connectivity index (χ3v) is 4.01. The van der Waals surface area contributed by atoms with E-state index >= 15 is 0 Å². The molecule has 1 aromatic rings. The summed E-state index contributed by atoms with van der Waals surface area (Å²) in [7, 11) is 0. The second kappa shape index (κ2) is 7.63. The molecule has 0 radical (unpaired) electrons. The van der Waals surface area contributed by atoms with E-state index in [0.29, 0.717) is 12.0 Å². The molecule has 3 nitrogen and oxygen atoms in total. The minimum atomic E-state index is 0.277. The highest BCUT2D eigenvalue weighted by Crippen LogP contribution is 2.26. The lowest BCUT2D eigenvalue weighted by atomic mass is 9.88. The first-order valence-corrected chi connectivity index (χ1v) is 7.45. The van der Waals surface area contributed by atoms with Gasteiger partial charge in [0.1, 0.15) is 0 Å². The Morgan fingerprint density at radius 3 is 2.74 bits per heavy atom. The third-order valence-electron chi connectivity index (χ3n) is 4.01. The molecule has 106 valence electrons. The summed E-state index contributed by atoms with van der Waals surface area (Å²) in [6, 6.07) is 11.4. The van der Waals surface area contributed by atoms with Crippen LogP contribution in [0.2, 0.25) is 0 Å². The van der Waals surface area contributed by atoms with Gasteiger partial charge in [0.15, 0.2) is 0 Å². The van der Waals surface area contributed by atoms with Gasteiger partial charge in [0.25, 0.3) is 0 Å². The van der Waals surface area contributed by atoms with Crippen molar-refractivity contribution in [1.82, 2.24) is 10.2 Å². The number of likely N-dealkylation sites (N-methyl/N-ethyl adjacent to an activating group) is 1. The lowest BCUT2D eigenvalue weighted by Gasteiger charge is -2.38. The molecule has 1 aromatic carbocycles. The molecule has 1 aliphatic heterocycles. The van der Waals surface area contributed by atoms with Crippen molar-refractivity contribution in [2.45, 2.75) is 31.7 Å². The van der Waals surface area contributed by atoms with E-state index < -0.39 is 0 Å². The van der Waals surface area contributed by atoms with Crippen molar-refractivity contribution in [3.05, 3.63) is 35.9 Å². The highest BCUT2D eigenvalue weighted by Gasteiger charge is 2.26. The van der Waals surface area contributed by atoms with Gasteiger partial charge in [0.05, 0.1) is 0 Å². The molecule has 0 bridgehead atoms. The number of hydrogen-bond acceptors (Lipinski definition) is 3. The van der Waals surface area contributed by atoms with Crippen LogP contribution in [-0.4, -0.2) is 48.8 Å². The Kier molecular flexibility index (Phi) is 5.83. The smallest absolute Gasteiger partial charge is 0.0443 e. The molecule has 0 aromatic heterocycles. The maximum Gasteiger partial charge on any atom is 0.0443 e. The summed E-state index contributed by atoms with van der Waals surface area (Å²) in [6.07, 6.45) is 2.05. The zero-order valence-corrected chi connectivity index (χ0v) is 11.9. The molecule has 0 aliphatic carbocycles. The molecule has 0 saturated carbocycles. The highest BCUT2D eigenvalue weighted by atomic mass is 16.3. The first-order chi connectivity index (χ1) is 9.33. The number of benzene rings is 1. The second-order valence-electron chi connectivity index (χ2n) is 5.42. The van der Waals surface area contributed by atoms with Crippen molar-refractivity contribution in [2.75, 3.05) is 32.8 Å². The van der Waals surface area contributed by atoms with Gasteiger partial charge in [0.2, 0.25) is 0 Å². The normalized spacial score (nSPS) is 24.5. The average Bonchev–Trinajstić information content (AvgIpc) is 2.48. The Balaban J connectivity index is 1.96. The van der Waals surface area contributed by atoms with Crippen LogP contribution < -0.4 is 5.32 Å². The molecule has 1 aliphatic rings. The van der Waals surface area contributed by atoms with Gasteiger partial charge in [-0.1, -0.05) is 37.3 Å². The van der Waals surface area contributed by atoms with Gasteiger partial charge in [-0.05, 0) is 37.4 Å². The molecular formula is C16H26N2O. The number of aliphatic hydroxyl groups excluding tert-OH is 1. The molecule has 3 heteroatoms. The molecule has 0 spiro atoms. The van der Waals surface area contributed by atoms with E-state index in [9.17, 15) is 0 Å². The molecule has 2 rings (SSSR count). The third kappa shape index (κ3) is 4.30. The van der Waals surface area contributed by atoms with Crippen LogP contribution in [0.1, 0.15) is 31.2 Å². The van der Waals surface area contributed by atoms with Gasteiger partial charge in [-0.25, -0.2) is 0 Å². The van der Waals surface area contributed by atoms with Gasteiger partial charge in [-0.2, -0.15) is 0 Å². The van der Waals surface area contributed by atoms with Crippen molar-refractivity contribution in [2.24, 2.45) is 0 Å². The molecule has 2 atom stereocenters. The van der Waals surface area contributed by atoms with Crippen molar-refractivity contribution in [1.29, 1.82) is 0 Å². The minimum Gasteiger partial charge on any atom is -0.396 e. The van der Waals surface area contributed by atoms with Gasteiger partial charge in [-0.3, -0.25) is 0 Å². The maximum atomic E-state index is 8.87. The number of rotatable bonds is 6. The standard InChI is InChI=1S/C16H26N2O/c1-2-18-12-15(14-7-4-3-5-8-14)11-16(13-18)17-9-6-10-19/h3-5,7-8,15-17,19H,2,6,9-13H2,1H3. The van der Waals surface area contributed by atoms with E-state index in [2.05, 4.69) is 47.5 Å². The fourth-order valence-corrected chi connectivity index (χ4v) is 2.95. The molecule has 1 fully saturated rings. The van der Waals surface area contributed by atoms with Gasteiger partial charge < -0.3 is 15.3 Å². The molecule has 2 N–H and O–H groups in total. The highest BCUT2D eigenvalue weighted by molar-refractivity contribution is 5.21. The summed E-state index contributed by atoms with van der Waals surface area (Å²) < 4.78 is 0. The summed E-state index contributed by atoms with van der Waals surface area (Å²) >= 11 is 0. The van der Waals surface area contributed by atoms with E-state index in [1.165, 1.54) is 18.5 Å². The summed E-state index contributed by atoms with van der Waals surface area (Å²) in [5.41, 5.74) is 1.45. The van der Waals surface area contributed by atoms with Crippen LogP contribution in [0.3, 0.4) is 0 Å².